The summed E-state index contributed by atoms with van der Waals surface area (Å²) in [5.41, 5.74) is 7.40. The van der Waals surface area contributed by atoms with E-state index in [2.05, 4.69) is 0 Å². The molecule has 1 rings (SSSR count). The molecule has 1 unspecified atom stereocenters. The van der Waals surface area contributed by atoms with Gasteiger partial charge in [0.25, 0.3) is 0 Å². The van der Waals surface area contributed by atoms with Gasteiger partial charge in [-0.1, -0.05) is 32.4 Å². The lowest BCUT2D eigenvalue weighted by atomic mass is 10.1. The Balaban J connectivity index is 3.07. The molecule has 18 heavy (non-hydrogen) atoms. The van der Waals surface area contributed by atoms with Gasteiger partial charge in [0.2, 0.25) is 0 Å². The molecule has 0 saturated carbocycles. The highest BCUT2D eigenvalue weighted by Crippen LogP contribution is 2.26. The van der Waals surface area contributed by atoms with E-state index in [1.54, 1.807) is 0 Å². The number of anilines is 2. The van der Waals surface area contributed by atoms with E-state index in [1.807, 2.05) is 43.0 Å². The van der Waals surface area contributed by atoms with Crippen molar-refractivity contribution >= 4 is 17.3 Å². The molecule has 4 heteroatoms. The minimum atomic E-state index is -0.784. The number of benzene rings is 1. The standard InChI is InChI=1S/C14H22N2O2/c1-3-7-13(14(17)18)16(10-4-2)12-9-6-5-8-11(12)15/h5-6,8-9,13H,3-4,7,10,15H2,1-2H3,(H,17,18). The summed E-state index contributed by atoms with van der Waals surface area (Å²) in [6, 6.07) is 6.94. The number of aliphatic carboxylic acids is 1. The van der Waals surface area contributed by atoms with Crippen molar-refractivity contribution in [3.63, 3.8) is 0 Å². The number of carboxylic acids is 1. The minimum absolute atomic E-state index is 0.500. The molecule has 0 spiro atoms. The number of para-hydroxylation sites is 2. The van der Waals surface area contributed by atoms with Crippen LogP contribution in [-0.4, -0.2) is 23.7 Å². The number of nitrogens with two attached hydrogens (primary N) is 1. The topological polar surface area (TPSA) is 66.6 Å². The van der Waals surface area contributed by atoms with Gasteiger partial charge in [0.1, 0.15) is 6.04 Å². The van der Waals surface area contributed by atoms with Crippen LogP contribution >= 0.6 is 0 Å². The Morgan fingerprint density at radius 2 is 2.00 bits per heavy atom. The molecule has 0 aliphatic heterocycles. The molecule has 4 nitrogen and oxygen atoms in total. The number of hydrogen-bond acceptors (Lipinski definition) is 3. The summed E-state index contributed by atoms with van der Waals surface area (Å²) < 4.78 is 0. The van der Waals surface area contributed by atoms with Crippen LogP contribution < -0.4 is 10.6 Å². The quantitative estimate of drug-likeness (QED) is 0.730. The monoisotopic (exact) mass is 250 g/mol. The Labute approximate surface area is 108 Å². The van der Waals surface area contributed by atoms with Crippen LogP contribution in [0, 0.1) is 0 Å². The minimum Gasteiger partial charge on any atom is -0.480 e. The van der Waals surface area contributed by atoms with Gasteiger partial charge in [-0.2, -0.15) is 0 Å². The molecule has 3 N–H and O–H groups in total. The second kappa shape index (κ2) is 6.89. The number of nitrogens with zero attached hydrogens (tertiary/aromatic N) is 1. The van der Waals surface area contributed by atoms with Crippen molar-refractivity contribution in [1.29, 1.82) is 0 Å². The third kappa shape index (κ3) is 3.39. The lowest BCUT2D eigenvalue weighted by Crippen LogP contribution is -2.42. The number of carboxylic acid groups (broad SMARTS) is 1. The lowest BCUT2D eigenvalue weighted by Gasteiger charge is -2.31. The van der Waals surface area contributed by atoms with E-state index >= 15 is 0 Å². The normalized spacial score (nSPS) is 12.1. The first-order valence-electron chi connectivity index (χ1n) is 6.45. The van der Waals surface area contributed by atoms with Gasteiger partial charge in [-0.15, -0.1) is 0 Å². The summed E-state index contributed by atoms with van der Waals surface area (Å²) in [6.45, 7) is 4.73. The average Bonchev–Trinajstić information content (AvgIpc) is 2.34. The smallest absolute Gasteiger partial charge is 0.326 e. The molecule has 1 atom stereocenters. The zero-order valence-corrected chi connectivity index (χ0v) is 11.1. The van der Waals surface area contributed by atoms with E-state index < -0.39 is 12.0 Å². The van der Waals surface area contributed by atoms with Crippen molar-refractivity contribution in [2.75, 3.05) is 17.2 Å². The molecular formula is C14H22N2O2. The highest BCUT2D eigenvalue weighted by Gasteiger charge is 2.25. The third-order valence-electron chi connectivity index (χ3n) is 2.93. The van der Waals surface area contributed by atoms with E-state index in [0.29, 0.717) is 18.7 Å². The first kappa shape index (κ1) is 14.4. The highest BCUT2D eigenvalue weighted by molar-refractivity contribution is 5.81. The molecule has 100 valence electrons. The lowest BCUT2D eigenvalue weighted by molar-refractivity contribution is -0.138. The molecule has 0 fully saturated rings. The molecule has 0 saturated heterocycles. The summed E-state index contributed by atoms with van der Waals surface area (Å²) in [7, 11) is 0. The summed E-state index contributed by atoms with van der Waals surface area (Å²) in [4.78, 5) is 13.3. The predicted octanol–water partition coefficient (Wildman–Crippen LogP) is 2.74. The number of carbonyl (C=O) groups is 1. The van der Waals surface area contributed by atoms with Crippen LogP contribution in [0.15, 0.2) is 24.3 Å². The fraction of sp³-hybridized carbons (Fsp3) is 0.500. The van der Waals surface area contributed by atoms with Crippen LogP contribution in [0.3, 0.4) is 0 Å². The molecule has 1 aromatic rings. The van der Waals surface area contributed by atoms with Crippen LogP contribution in [0.5, 0.6) is 0 Å². The van der Waals surface area contributed by atoms with Crippen molar-refractivity contribution < 1.29 is 9.90 Å². The maximum absolute atomic E-state index is 11.4. The van der Waals surface area contributed by atoms with E-state index in [9.17, 15) is 9.90 Å². The zero-order chi connectivity index (χ0) is 13.5. The van der Waals surface area contributed by atoms with E-state index in [1.165, 1.54) is 0 Å². The molecule has 0 aliphatic rings. The first-order valence-corrected chi connectivity index (χ1v) is 6.45. The van der Waals surface area contributed by atoms with Gasteiger partial charge >= 0.3 is 5.97 Å². The Morgan fingerprint density at radius 3 is 2.50 bits per heavy atom. The van der Waals surface area contributed by atoms with Crippen molar-refractivity contribution in [2.45, 2.75) is 39.2 Å². The molecule has 1 aromatic carbocycles. The highest BCUT2D eigenvalue weighted by atomic mass is 16.4. The van der Waals surface area contributed by atoms with Crippen LogP contribution in [0.4, 0.5) is 11.4 Å². The molecule has 0 amide bonds. The molecule has 0 aromatic heterocycles. The van der Waals surface area contributed by atoms with Crippen LogP contribution in [0.25, 0.3) is 0 Å². The Hall–Kier alpha value is -1.71. The van der Waals surface area contributed by atoms with Crippen LogP contribution in [0.2, 0.25) is 0 Å². The van der Waals surface area contributed by atoms with Crippen molar-refractivity contribution in [1.82, 2.24) is 0 Å². The van der Waals surface area contributed by atoms with Gasteiger partial charge in [-0.05, 0) is 25.0 Å². The summed E-state index contributed by atoms with van der Waals surface area (Å²) in [5, 5.41) is 9.37. The molecular weight excluding hydrogens is 228 g/mol. The Kier molecular flexibility index (Phi) is 5.49. The van der Waals surface area contributed by atoms with Crippen LogP contribution in [0.1, 0.15) is 33.1 Å². The fourth-order valence-electron chi connectivity index (χ4n) is 2.12. The van der Waals surface area contributed by atoms with Gasteiger partial charge in [-0.3, -0.25) is 0 Å². The van der Waals surface area contributed by atoms with E-state index in [-0.39, 0.29) is 0 Å². The number of nitrogen functional groups attached to an aromatic ring is 1. The van der Waals surface area contributed by atoms with Gasteiger partial charge in [-0.25, -0.2) is 4.79 Å². The third-order valence-corrected chi connectivity index (χ3v) is 2.93. The number of hydrogen-bond donors (Lipinski definition) is 2. The second-order valence-corrected chi connectivity index (χ2v) is 4.39. The number of rotatable bonds is 7. The largest absolute Gasteiger partial charge is 0.480 e. The van der Waals surface area contributed by atoms with Crippen molar-refractivity contribution in [2.24, 2.45) is 0 Å². The van der Waals surface area contributed by atoms with E-state index in [4.69, 9.17) is 5.73 Å². The summed E-state index contributed by atoms with van der Waals surface area (Å²) >= 11 is 0. The summed E-state index contributed by atoms with van der Waals surface area (Å²) in [5.74, 6) is -0.784. The Morgan fingerprint density at radius 1 is 1.33 bits per heavy atom. The van der Waals surface area contributed by atoms with Crippen LogP contribution in [-0.2, 0) is 4.79 Å². The average molecular weight is 250 g/mol. The maximum Gasteiger partial charge on any atom is 0.326 e. The van der Waals surface area contributed by atoms with Gasteiger partial charge < -0.3 is 15.7 Å². The van der Waals surface area contributed by atoms with Gasteiger partial charge in [0.15, 0.2) is 0 Å². The van der Waals surface area contributed by atoms with Gasteiger partial charge in [0.05, 0.1) is 11.4 Å². The molecule has 0 bridgehead atoms. The maximum atomic E-state index is 11.4. The first-order chi connectivity index (χ1) is 8.61. The SMILES string of the molecule is CCCC(C(=O)O)N(CCC)c1ccccc1N. The molecule has 0 radical (unpaired) electrons. The van der Waals surface area contributed by atoms with Gasteiger partial charge in [0, 0.05) is 6.54 Å². The molecule has 0 aliphatic carbocycles. The Bertz CT molecular complexity index is 393. The second-order valence-electron chi connectivity index (χ2n) is 4.39. The molecule has 0 heterocycles. The fourth-order valence-corrected chi connectivity index (χ4v) is 2.12. The predicted molar refractivity (Wildman–Crippen MR) is 74.8 cm³/mol. The zero-order valence-electron chi connectivity index (χ0n) is 11.1. The van der Waals surface area contributed by atoms with E-state index in [0.717, 1.165) is 18.5 Å². The summed E-state index contributed by atoms with van der Waals surface area (Å²) in [6.07, 6.45) is 2.36. The van der Waals surface area contributed by atoms with Crippen molar-refractivity contribution in [3.05, 3.63) is 24.3 Å². The van der Waals surface area contributed by atoms with Crippen molar-refractivity contribution in [3.8, 4) is 0 Å².